The zero-order valence-corrected chi connectivity index (χ0v) is 15.1. The van der Waals surface area contributed by atoms with E-state index in [2.05, 4.69) is 49.9 Å². The minimum Gasteiger partial charge on any atom is -0.351 e. The summed E-state index contributed by atoms with van der Waals surface area (Å²) >= 11 is 0. The van der Waals surface area contributed by atoms with Crippen molar-refractivity contribution < 1.29 is 4.79 Å². The second kappa shape index (κ2) is 7.74. The highest BCUT2D eigenvalue weighted by Gasteiger charge is 2.29. The Morgan fingerprint density at radius 1 is 1.36 bits per heavy atom. The molecule has 2 aromatic rings. The van der Waals surface area contributed by atoms with Crippen LogP contribution in [-0.2, 0) is 17.9 Å². The molecule has 0 unspecified atom stereocenters. The average molecular weight is 342 g/mol. The van der Waals surface area contributed by atoms with E-state index in [1.807, 2.05) is 12.3 Å². The summed E-state index contributed by atoms with van der Waals surface area (Å²) < 4.78 is 2.07. The molecule has 1 N–H and O–H groups in total. The molecule has 1 aliphatic heterocycles. The van der Waals surface area contributed by atoms with Gasteiger partial charge in [-0.2, -0.15) is 5.10 Å². The predicted molar refractivity (Wildman–Crippen MR) is 94.5 cm³/mol. The van der Waals surface area contributed by atoms with Crippen LogP contribution in [0.25, 0.3) is 0 Å². The Bertz CT molecular complexity index is 726. The first-order valence-corrected chi connectivity index (χ1v) is 8.87. The highest BCUT2D eigenvalue weighted by atomic mass is 16.1. The molecule has 1 amide bonds. The molecule has 0 radical (unpaired) electrons. The summed E-state index contributed by atoms with van der Waals surface area (Å²) in [5, 5.41) is 7.22. The van der Waals surface area contributed by atoms with Crippen LogP contribution in [0.15, 0.2) is 24.5 Å². The molecular weight excluding hydrogens is 316 g/mol. The fraction of sp³-hybridized carbons (Fsp3) is 0.556. The Hall–Kier alpha value is -2.28. The van der Waals surface area contributed by atoms with Gasteiger partial charge in [0.1, 0.15) is 5.82 Å². The van der Waals surface area contributed by atoms with Crippen LogP contribution in [0.4, 0.5) is 0 Å². The molecule has 1 atom stereocenters. The van der Waals surface area contributed by atoms with Crippen molar-refractivity contribution in [2.75, 3.05) is 6.54 Å². The summed E-state index contributed by atoms with van der Waals surface area (Å²) in [4.78, 5) is 22.7. The van der Waals surface area contributed by atoms with Gasteiger partial charge in [0.15, 0.2) is 0 Å². The van der Waals surface area contributed by atoms with Crippen LogP contribution in [0.3, 0.4) is 0 Å². The summed E-state index contributed by atoms with van der Waals surface area (Å²) in [6.07, 6.45) is 5.85. The molecule has 3 heterocycles. The molecule has 1 aliphatic rings. The van der Waals surface area contributed by atoms with Gasteiger partial charge in [0.05, 0.1) is 24.0 Å². The standard InChI is InChI=1S/C18H26N6O/c1-13(2)24-16(7-9-21-24)12-23-10-4-5-17(23)18-19-8-6-15(22-18)11-20-14(3)25/h6-9,13,17H,4-5,10-12H2,1-3H3,(H,20,25)/t17-/m1/s1. The Morgan fingerprint density at radius 2 is 2.20 bits per heavy atom. The fourth-order valence-corrected chi connectivity index (χ4v) is 3.33. The minimum atomic E-state index is -0.0513. The third-order valence-electron chi connectivity index (χ3n) is 4.52. The van der Waals surface area contributed by atoms with E-state index in [0.717, 1.165) is 37.4 Å². The third-order valence-corrected chi connectivity index (χ3v) is 4.52. The monoisotopic (exact) mass is 342 g/mol. The van der Waals surface area contributed by atoms with Gasteiger partial charge in [-0.15, -0.1) is 0 Å². The number of carbonyl (C=O) groups is 1. The van der Waals surface area contributed by atoms with Crippen LogP contribution in [0, 0.1) is 0 Å². The topological polar surface area (TPSA) is 75.9 Å². The number of hydrogen-bond acceptors (Lipinski definition) is 5. The van der Waals surface area contributed by atoms with Crippen molar-refractivity contribution >= 4 is 5.91 Å². The molecule has 7 nitrogen and oxygen atoms in total. The van der Waals surface area contributed by atoms with Gasteiger partial charge in [0.2, 0.25) is 5.91 Å². The van der Waals surface area contributed by atoms with E-state index in [1.165, 1.54) is 12.6 Å². The molecule has 0 aliphatic carbocycles. The average Bonchev–Trinajstić information content (AvgIpc) is 3.23. The lowest BCUT2D eigenvalue weighted by Crippen LogP contribution is -2.27. The molecule has 134 valence electrons. The van der Waals surface area contributed by atoms with Crippen LogP contribution < -0.4 is 5.32 Å². The van der Waals surface area contributed by atoms with Gasteiger partial charge >= 0.3 is 0 Å². The Kier molecular flexibility index (Phi) is 5.43. The quantitative estimate of drug-likeness (QED) is 0.871. The molecule has 2 aromatic heterocycles. The van der Waals surface area contributed by atoms with E-state index in [4.69, 9.17) is 0 Å². The van der Waals surface area contributed by atoms with Crippen LogP contribution in [0.1, 0.15) is 62.9 Å². The van der Waals surface area contributed by atoms with Gasteiger partial charge in [0.25, 0.3) is 0 Å². The maximum absolute atomic E-state index is 11.1. The van der Waals surface area contributed by atoms with Crippen molar-refractivity contribution in [3.8, 4) is 0 Å². The van der Waals surface area contributed by atoms with Gasteiger partial charge in [-0.3, -0.25) is 14.4 Å². The molecule has 1 saturated heterocycles. The summed E-state index contributed by atoms with van der Waals surface area (Å²) in [6.45, 7) is 8.13. The van der Waals surface area contributed by atoms with E-state index in [-0.39, 0.29) is 11.9 Å². The normalized spacial score (nSPS) is 18.0. The molecule has 0 bridgehead atoms. The molecular formula is C18H26N6O. The molecule has 1 fully saturated rings. The summed E-state index contributed by atoms with van der Waals surface area (Å²) in [5.74, 6) is 0.792. The first-order chi connectivity index (χ1) is 12.0. The number of carbonyl (C=O) groups excluding carboxylic acids is 1. The number of aromatic nitrogens is 4. The number of rotatable bonds is 6. The number of nitrogens with one attached hydrogen (secondary N) is 1. The minimum absolute atomic E-state index is 0.0513. The Labute approximate surface area is 148 Å². The second-order valence-electron chi connectivity index (χ2n) is 6.81. The molecule has 7 heteroatoms. The molecule has 3 rings (SSSR count). The Balaban J connectivity index is 1.74. The van der Waals surface area contributed by atoms with Crippen molar-refractivity contribution in [2.24, 2.45) is 0 Å². The smallest absolute Gasteiger partial charge is 0.217 e. The lowest BCUT2D eigenvalue weighted by molar-refractivity contribution is -0.119. The van der Waals surface area contributed by atoms with Crippen molar-refractivity contribution in [2.45, 2.75) is 58.8 Å². The summed E-state index contributed by atoms with van der Waals surface area (Å²) in [5.41, 5.74) is 2.07. The summed E-state index contributed by atoms with van der Waals surface area (Å²) in [6, 6.07) is 4.51. The molecule has 0 spiro atoms. The highest BCUT2D eigenvalue weighted by Crippen LogP contribution is 2.31. The van der Waals surface area contributed by atoms with Gasteiger partial charge in [0, 0.05) is 31.9 Å². The van der Waals surface area contributed by atoms with Gasteiger partial charge in [-0.25, -0.2) is 9.97 Å². The van der Waals surface area contributed by atoms with E-state index >= 15 is 0 Å². The molecule has 0 aromatic carbocycles. The SMILES string of the molecule is CC(=O)NCc1ccnc([C@H]2CCCN2Cc2ccnn2C(C)C)n1. The third kappa shape index (κ3) is 4.22. The van der Waals surface area contributed by atoms with Crippen molar-refractivity contribution in [1.29, 1.82) is 0 Å². The van der Waals surface area contributed by atoms with Crippen LogP contribution >= 0.6 is 0 Å². The molecule has 0 saturated carbocycles. The number of nitrogens with zero attached hydrogens (tertiary/aromatic N) is 5. The lowest BCUT2D eigenvalue weighted by atomic mass is 10.2. The van der Waals surface area contributed by atoms with Gasteiger partial charge in [-0.05, 0) is 45.4 Å². The van der Waals surface area contributed by atoms with E-state index in [0.29, 0.717) is 12.6 Å². The number of hydrogen-bond donors (Lipinski definition) is 1. The van der Waals surface area contributed by atoms with Crippen LogP contribution in [0.2, 0.25) is 0 Å². The van der Waals surface area contributed by atoms with E-state index in [1.54, 1.807) is 6.20 Å². The zero-order valence-electron chi connectivity index (χ0n) is 15.1. The predicted octanol–water partition coefficient (Wildman–Crippen LogP) is 2.23. The van der Waals surface area contributed by atoms with Gasteiger partial charge < -0.3 is 5.32 Å². The largest absolute Gasteiger partial charge is 0.351 e. The first-order valence-electron chi connectivity index (χ1n) is 8.87. The van der Waals surface area contributed by atoms with E-state index in [9.17, 15) is 4.79 Å². The van der Waals surface area contributed by atoms with Crippen molar-refractivity contribution in [3.05, 3.63) is 41.7 Å². The van der Waals surface area contributed by atoms with Crippen molar-refractivity contribution in [3.63, 3.8) is 0 Å². The van der Waals surface area contributed by atoms with Crippen LogP contribution in [-0.4, -0.2) is 37.1 Å². The highest BCUT2D eigenvalue weighted by molar-refractivity contribution is 5.72. The van der Waals surface area contributed by atoms with Gasteiger partial charge in [-0.1, -0.05) is 0 Å². The fourth-order valence-electron chi connectivity index (χ4n) is 3.33. The summed E-state index contributed by atoms with van der Waals surface area (Å²) in [7, 11) is 0. The van der Waals surface area contributed by atoms with Crippen LogP contribution in [0.5, 0.6) is 0 Å². The Morgan fingerprint density at radius 3 is 2.96 bits per heavy atom. The lowest BCUT2D eigenvalue weighted by Gasteiger charge is -2.24. The number of amides is 1. The zero-order chi connectivity index (χ0) is 17.8. The number of likely N-dealkylation sites (tertiary alicyclic amines) is 1. The second-order valence-corrected chi connectivity index (χ2v) is 6.81. The molecule has 25 heavy (non-hydrogen) atoms. The maximum Gasteiger partial charge on any atom is 0.217 e. The van der Waals surface area contributed by atoms with E-state index < -0.39 is 0 Å². The maximum atomic E-state index is 11.1. The first kappa shape index (κ1) is 17.5. The van der Waals surface area contributed by atoms with Crippen molar-refractivity contribution in [1.82, 2.24) is 30.0 Å².